The Morgan fingerprint density at radius 1 is 0.476 bits per heavy atom. The molecular weight excluding hydrogens is 1010 g/mol. The van der Waals surface area contributed by atoms with Gasteiger partial charge in [-0.3, -0.25) is 0 Å². The van der Waals surface area contributed by atoms with E-state index in [2.05, 4.69) is 259 Å². The average molecular weight is 1090 g/mol. The van der Waals surface area contributed by atoms with Gasteiger partial charge in [0.15, 0.2) is 0 Å². The molecule has 1 saturated carbocycles. The summed E-state index contributed by atoms with van der Waals surface area (Å²) in [5, 5.41) is 2.66. The van der Waals surface area contributed by atoms with Crippen LogP contribution in [0.4, 0.5) is 34.1 Å². The third kappa shape index (κ3) is 7.06. The summed E-state index contributed by atoms with van der Waals surface area (Å²) in [4.78, 5) is 5.43. The number of allylic oxidation sites excluding steroid dienone is 1. The van der Waals surface area contributed by atoms with Gasteiger partial charge in [0.1, 0.15) is 0 Å². The van der Waals surface area contributed by atoms with Gasteiger partial charge >= 0.3 is 0 Å². The van der Waals surface area contributed by atoms with E-state index in [-0.39, 0.29) is 44.6 Å². The highest BCUT2D eigenvalue weighted by atomic mass is 32.1. The molecule has 0 bridgehead atoms. The number of hydrogen-bond acceptors (Lipinski definition) is 3. The van der Waals surface area contributed by atoms with Crippen LogP contribution in [-0.4, -0.2) is 6.71 Å². The molecule has 2 aliphatic heterocycles. The SMILES string of the molecule is Cc1cc2c3c(c1)N(c1cc4c(cc1C)C(C)(C)CCC4(C)C)c1cc4c(cc1B3c1ccc(/C=C3\c5ccc(C(C)(C)C)cc5C5(C)CCCCC35C)cc1N2c1ccc2c(c1)sc1ccccc12)C(C)(C)c1ccccc1C4(C)C. The molecule has 6 aliphatic rings. The van der Waals surface area contributed by atoms with E-state index in [1.807, 2.05) is 11.3 Å². The van der Waals surface area contributed by atoms with Crippen LogP contribution in [0.5, 0.6) is 0 Å². The predicted octanol–water partition coefficient (Wildman–Crippen LogP) is 19.8. The topological polar surface area (TPSA) is 6.48 Å². The highest BCUT2D eigenvalue weighted by Gasteiger charge is 2.56. The van der Waals surface area contributed by atoms with E-state index in [9.17, 15) is 0 Å². The predicted molar refractivity (Wildman–Crippen MR) is 356 cm³/mol. The van der Waals surface area contributed by atoms with E-state index in [1.54, 1.807) is 5.56 Å². The molecule has 9 aromatic rings. The fraction of sp³-hybridized carbons (Fsp3) is 0.359. The molecule has 3 heterocycles. The van der Waals surface area contributed by atoms with Crippen molar-refractivity contribution in [2.75, 3.05) is 9.80 Å². The van der Waals surface area contributed by atoms with Gasteiger partial charge in [0.2, 0.25) is 0 Å². The number of anilines is 6. The van der Waals surface area contributed by atoms with Crippen molar-refractivity contribution in [2.45, 2.75) is 175 Å². The molecule has 2 unspecified atom stereocenters. The van der Waals surface area contributed by atoms with Gasteiger partial charge in [0.25, 0.3) is 6.71 Å². The fourth-order valence-electron chi connectivity index (χ4n) is 17.3. The Morgan fingerprint density at radius 2 is 1.09 bits per heavy atom. The summed E-state index contributed by atoms with van der Waals surface area (Å²) in [6.45, 7) is 36.9. The molecule has 0 N–H and O–H groups in total. The molecule has 0 amide bonds. The zero-order chi connectivity index (χ0) is 57.2. The lowest BCUT2D eigenvalue weighted by atomic mass is 9.33. The summed E-state index contributed by atoms with van der Waals surface area (Å²) in [6.07, 6.45) is 9.96. The van der Waals surface area contributed by atoms with Crippen molar-refractivity contribution in [1.82, 2.24) is 0 Å². The maximum atomic E-state index is 2.75. The number of benzene rings is 8. The van der Waals surface area contributed by atoms with Crippen molar-refractivity contribution in [3.63, 3.8) is 0 Å². The molecule has 15 rings (SSSR count). The first kappa shape index (κ1) is 52.2. The van der Waals surface area contributed by atoms with Crippen LogP contribution in [0, 0.1) is 19.3 Å². The quantitative estimate of drug-likeness (QED) is 0.163. The smallest absolute Gasteiger partial charge is 0.252 e. The van der Waals surface area contributed by atoms with E-state index in [0.717, 1.165) is 0 Å². The molecule has 8 aromatic carbocycles. The van der Waals surface area contributed by atoms with E-state index in [4.69, 9.17) is 0 Å². The van der Waals surface area contributed by atoms with Crippen molar-refractivity contribution >= 4 is 100 Å². The number of rotatable bonds is 3. The molecule has 82 heavy (non-hydrogen) atoms. The third-order valence-corrected chi connectivity index (χ3v) is 23.7. The summed E-state index contributed by atoms with van der Waals surface area (Å²) in [5.74, 6) is 0. The van der Waals surface area contributed by atoms with Gasteiger partial charge in [-0.2, -0.15) is 0 Å². The Kier molecular flexibility index (Phi) is 10.8. The Bertz CT molecular complexity index is 4300. The van der Waals surface area contributed by atoms with E-state index < -0.39 is 0 Å². The number of thiophene rings is 1. The lowest BCUT2D eigenvalue weighted by Gasteiger charge is -2.49. The summed E-state index contributed by atoms with van der Waals surface area (Å²) < 4.78 is 2.66. The van der Waals surface area contributed by atoms with Crippen molar-refractivity contribution in [2.24, 2.45) is 5.41 Å². The van der Waals surface area contributed by atoms with Crippen molar-refractivity contribution in [1.29, 1.82) is 0 Å². The lowest BCUT2D eigenvalue weighted by molar-refractivity contribution is 0.165. The summed E-state index contributed by atoms with van der Waals surface area (Å²) >= 11 is 1.92. The van der Waals surface area contributed by atoms with Crippen molar-refractivity contribution < 1.29 is 0 Å². The Hall–Kier alpha value is -6.62. The van der Waals surface area contributed by atoms with Crippen molar-refractivity contribution in [3.05, 3.63) is 206 Å². The summed E-state index contributed by atoms with van der Waals surface area (Å²) in [7, 11) is 0. The molecule has 1 fully saturated rings. The number of hydrogen-bond donors (Lipinski definition) is 0. The highest BCUT2D eigenvalue weighted by Crippen LogP contribution is 2.66. The van der Waals surface area contributed by atoms with Gasteiger partial charge in [0, 0.05) is 76.0 Å². The molecule has 0 saturated heterocycles. The second kappa shape index (κ2) is 17.0. The second-order valence-corrected chi connectivity index (χ2v) is 31.1. The standard InChI is InChI=1S/C78H81BN2S/c1-46-36-67-71-68(37-46)81(64-44-59-58(38-47(64)2)73(6,7)34-35-74(59,8)9)66-45-61-60(75(10,11)54-23-17-18-24-55(54)76(61,12)13)43-63(66)79(71)62-31-26-48(40-65(62)80(67)50-28-30-52-51-22-16-19-25-69(51)82-70(52)42-50)39-56-53-29-27-49(72(3,4)5)41-57(53)78(15)33-21-20-32-77(56,78)14/h16-19,22-31,36-45H,20-21,32-35H2,1-15H3/b56-39+. The lowest BCUT2D eigenvalue weighted by Crippen LogP contribution is -2.62. The molecule has 2 nitrogen and oxygen atoms in total. The Labute approximate surface area is 493 Å². The number of nitrogens with zero attached hydrogens (tertiary/aromatic N) is 2. The summed E-state index contributed by atoms with van der Waals surface area (Å²) in [5.41, 5.74) is 30.3. The highest BCUT2D eigenvalue weighted by molar-refractivity contribution is 7.25. The molecule has 1 aromatic heterocycles. The Balaban J connectivity index is 1.03. The van der Waals surface area contributed by atoms with Gasteiger partial charge in [-0.15, -0.1) is 11.3 Å². The van der Waals surface area contributed by atoms with E-state index >= 15 is 0 Å². The van der Waals surface area contributed by atoms with Gasteiger partial charge in [-0.25, -0.2) is 0 Å². The molecule has 0 radical (unpaired) electrons. The first-order valence-electron chi connectivity index (χ1n) is 30.9. The molecular formula is C78H81BN2S. The maximum absolute atomic E-state index is 2.75. The molecule has 4 aliphatic carbocycles. The minimum atomic E-state index is -0.219. The molecule has 4 heteroatoms. The largest absolute Gasteiger partial charge is 0.311 e. The van der Waals surface area contributed by atoms with Crippen LogP contribution >= 0.6 is 11.3 Å². The fourth-order valence-corrected chi connectivity index (χ4v) is 18.4. The van der Waals surface area contributed by atoms with Crippen LogP contribution in [0.25, 0.3) is 31.8 Å². The maximum Gasteiger partial charge on any atom is 0.252 e. The monoisotopic (exact) mass is 1090 g/mol. The zero-order valence-electron chi connectivity index (χ0n) is 51.5. The Morgan fingerprint density at radius 3 is 1.79 bits per heavy atom. The second-order valence-electron chi connectivity index (χ2n) is 30.1. The summed E-state index contributed by atoms with van der Waals surface area (Å²) in [6, 6.07) is 56.5. The van der Waals surface area contributed by atoms with Gasteiger partial charge in [0.05, 0.1) is 0 Å². The minimum Gasteiger partial charge on any atom is -0.311 e. The molecule has 2 atom stereocenters. The van der Waals surface area contributed by atoms with Crippen LogP contribution in [-0.2, 0) is 32.5 Å². The third-order valence-electron chi connectivity index (χ3n) is 22.5. The average Bonchev–Trinajstić information content (AvgIpc) is 1.23. The van der Waals surface area contributed by atoms with Gasteiger partial charge in [-0.05, 0) is 193 Å². The van der Waals surface area contributed by atoms with Crippen LogP contribution in [0.15, 0.2) is 140 Å². The van der Waals surface area contributed by atoms with Crippen LogP contribution in [0.1, 0.15) is 195 Å². The van der Waals surface area contributed by atoms with Crippen LogP contribution < -0.4 is 26.2 Å². The minimum absolute atomic E-state index is 0.0188. The first-order chi connectivity index (χ1) is 38.8. The number of fused-ring (bicyclic) bond motifs is 13. The van der Waals surface area contributed by atoms with Crippen LogP contribution in [0.2, 0.25) is 0 Å². The molecule has 0 spiro atoms. The van der Waals surface area contributed by atoms with Gasteiger partial charge < -0.3 is 9.80 Å². The van der Waals surface area contributed by atoms with Crippen molar-refractivity contribution in [3.8, 4) is 0 Å². The van der Waals surface area contributed by atoms with E-state index in [1.165, 1.54) is 176 Å². The molecule has 412 valence electrons. The van der Waals surface area contributed by atoms with Gasteiger partial charge in [-0.1, -0.05) is 200 Å². The first-order valence-corrected chi connectivity index (χ1v) is 31.8. The normalized spacial score (nSPS) is 22.5. The number of aryl methyl sites for hydroxylation is 2. The zero-order valence-corrected chi connectivity index (χ0v) is 52.3. The van der Waals surface area contributed by atoms with E-state index in [0.29, 0.717) is 0 Å². The van der Waals surface area contributed by atoms with Crippen LogP contribution in [0.3, 0.4) is 0 Å².